The van der Waals surface area contributed by atoms with Crippen LogP contribution in [0.3, 0.4) is 0 Å². The standard InChI is InChI=1S/C26H25F2N5O3/c1-4-21(34)32-10-9-15(13-32)33-25-17(14-5-6-14)12-30-26(29)22(25)18(31-33)8-7-16-23(27)19(35-2)11-20(36-3)24(16)28/h4,11-12,14-15H,1,5-6,9-10,13H2,2-3H3,(H2,29,30)/t15-/m0/s1. The Morgan fingerprint density at radius 3 is 2.50 bits per heavy atom. The number of pyridine rings is 1. The summed E-state index contributed by atoms with van der Waals surface area (Å²) < 4.78 is 41.7. The van der Waals surface area contributed by atoms with Crippen molar-refractivity contribution in [1.29, 1.82) is 0 Å². The molecule has 1 aliphatic heterocycles. The van der Waals surface area contributed by atoms with E-state index in [1.54, 1.807) is 11.1 Å². The van der Waals surface area contributed by atoms with E-state index in [2.05, 4.69) is 23.4 Å². The third-order valence-corrected chi connectivity index (χ3v) is 6.68. The zero-order chi connectivity index (χ0) is 25.6. The van der Waals surface area contributed by atoms with E-state index in [-0.39, 0.29) is 35.0 Å². The molecule has 5 rings (SSSR count). The number of amides is 1. The first kappa shape index (κ1) is 23.6. The molecule has 1 aromatic carbocycles. The summed E-state index contributed by atoms with van der Waals surface area (Å²) in [5, 5.41) is 5.27. The van der Waals surface area contributed by atoms with E-state index in [9.17, 15) is 13.6 Å². The average Bonchev–Trinajstić information content (AvgIpc) is 3.47. The predicted molar refractivity (Wildman–Crippen MR) is 130 cm³/mol. The molecule has 3 heterocycles. The van der Waals surface area contributed by atoms with Crippen LogP contribution in [0.25, 0.3) is 10.9 Å². The van der Waals surface area contributed by atoms with Gasteiger partial charge in [0, 0.05) is 25.4 Å². The van der Waals surface area contributed by atoms with Crippen molar-refractivity contribution in [1.82, 2.24) is 19.7 Å². The number of carbonyl (C=O) groups is 1. The highest BCUT2D eigenvalue weighted by atomic mass is 19.1. The van der Waals surface area contributed by atoms with Crippen LogP contribution in [0.5, 0.6) is 11.5 Å². The maximum absolute atomic E-state index is 14.9. The van der Waals surface area contributed by atoms with E-state index in [1.807, 2.05) is 4.68 Å². The molecule has 1 saturated heterocycles. The number of nitrogens with zero attached hydrogens (tertiary/aromatic N) is 4. The number of aromatic nitrogens is 3. The van der Waals surface area contributed by atoms with E-state index in [0.29, 0.717) is 30.8 Å². The Balaban J connectivity index is 1.67. The third-order valence-electron chi connectivity index (χ3n) is 6.68. The van der Waals surface area contributed by atoms with Gasteiger partial charge in [-0.1, -0.05) is 12.5 Å². The van der Waals surface area contributed by atoms with Crippen LogP contribution in [-0.4, -0.2) is 52.9 Å². The Hall–Kier alpha value is -4.13. The van der Waals surface area contributed by atoms with Crippen molar-refractivity contribution in [2.24, 2.45) is 0 Å². The summed E-state index contributed by atoms with van der Waals surface area (Å²) in [6.45, 7) is 4.59. The van der Waals surface area contributed by atoms with Crippen LogP contribution in [0.2, 0.25) is 0 Å². The summed E-state index contributed by atoms with van der Waals surface area (Å²) in [4.78, 5) is 18.2. The Labute approximate surface area is 206 Å². The Morgan fingerprint density at radius 2 is 1.89 bits per heavy atom. The minimum atomic E-state index is -0.939. The Kier molecular flexibility index (Phi) is 6.00. The predicted octanol–water partition coefficient (Wildman–Crippen LogP) is 3.55. The average molecular weight is 494 g/mol. The fourth-order valence-corrected chi connectivity index (χ4v) is 4.65. The largest absolute Gasteiger partial charge is 0.493 e. The Morgan fingerprint density at radius 1 is 1.19 bits per heavy atom. The van der Waals surface area contributed by atoms with Crippen LogP contribution >= 0.6 is 0 Å². The number of halogens is 2. The second-order valence-corrected chi connectivity index (χ2v) is 8.85. The lowest BCUT2D eigenvalue weighted by atomic mass is 10.1. The second-order valence-electron chi connectivity index (χ2n) is 8.85. The lowest BCUT2D eigenvalue weighted by Gasteiger charge is -2.16. The molecule has 1 aliphatic carbocycles. The van der Waals surface area contributed by atoms with Gasteiger partial charge in [-0.3, -0.25) is 9.48 Å². The summed E-state index contributed by atoms with van der Waals surface area (Å²) in [5.41, 5.74) is 7.85. The maximum Gasteiger partial charge on any atom is 0.246 e. The molecule has 1 amide bonds. The highest BCUT2D eigenvalue weighted by molar-refractivity contribution is 5.96. The summed E-state index contributed by atoms with van der Waals surface area (Å²) >= 11 is 0. The summed E-state index contributed by atoms with van der Waals surface area (Å²) in [7, 11) is 2.55. The molecule has 186 valence electrons. The molecule has 3 aromatic rings. The monoisotopic (exact) mass is 493 g/mol. The highest BCUT2D eigenvalue weighted by Gasteiger charge is 2.33. The first-order valence-corrected chi connectivity index (χ1v) is 11.6. The quantitative estimate of drug-likeness (QED) is 0.432. The van der Waals surface area contributed by atoms with Crippen LogP contribution < -0.4 is 15.2 Å². The van der Waals surface area contributed by atoms with E-state index < -0.39 is 17.2 Å². The normalized spacial score (nSPS) is 17.1. The molecule has 1 atom stereocenters. The number of anilines is 1. The SMILES string of the molecule is C=CC(=O)N1CC[C@H](n2nc(C#Cc3c(F)c(OC)cc(OC)c3F)c3c(N)ncc(C4CC4)c32)C1. The molecule has 1 saturated carbocycles. The molecular formula is C26H25F2N5O3. The molecule has 0 spiro atoms. The topological polar surface area (TPSA) is 95.5 Å². The van der Waals surface area contributed by atoms with Crippen molar-refractivity contribution >= 4 is 22.6 Å². The number of benzene rings is 1. The lowest BCUT2D eigenvalue weighted by molar-refractivity contribution is -0.125. The van der Waals surface area contributed by atoms with Crippen molar-refractivity contribution in [3.8, 4) is 23.3 Å². The maximum atomic E-state index is 14.9. The number of nitrogen functional groups attached to an aromatic ring is 1. The third kappa shape index (κ3) is 3.90. The molecule has 2 aromatic heterocycles. The number of ether oxygens (including phenoxy) is 2. The van der Waals surface area contributed by atoms with Gasteiger partial charge in [0.2, 0.25) is 5.91 Å². The van der Waals surface area contributed by atoms with Gasteiger partial charge in [0.15, 0.2) is 23.1 Å². The first-order valence-electron chi connectivity index (χ1n) is 11.6. The number of likely N-dealkylation sites (tertiary alicyclic amines) is 1. The fourth-order valence-electron chi connectivity index (χ4n) is 4.65. The molecule has 8 nitrogen and oxygen atoms in total. The molecule has 2 fully saturated rings. The van der Waals surface area contributed by atoms with Crippen molar-refractivity contribution in [2.45, 2.75) is 31.2 Å². The lowest BCUT2D eigenvalue weighted by Crippen LogP contribution is -2.27. The number of methoxy groups -OCH3 is 2. The van der Waals surface area contributed by atoms with E-state index in [0.717, 1.165) is 30.0 Å². The molecule has 0 bridgehead atoms. The van der Waals surface area contributed by atoms with Crippen LogP contribution in [-0.2, 0) is 4.79 Å². The van der Waals surface area contributed by atoms with E-state index in [4.69, 9.17) is 20.3 Å². The minimum absolute atomic E-state index is 0.114. The van der Waals surface area contributed by atoms with Gasteiger partial charge in [-0.25, -0.2) is 13.8 Å². The van der Waals surface area contributed by atoms with Gasteiger partial charge in [0.1, 0.15) is 17.1 Å². The molecule has 2 N–H and O–H groups in total. The van der Waals surface area contributed by atoms with E-state index >= 15 is 0 Å². The zero-order valence-electron chi connectivity index (χ0n) is 20.0. The van der Waals surface area contributed by atoms with Crippen LogP contribution in [0.4, 0.5) is 14.6 Å². The molecule has 0 radical (unpaired) electrons. The van der Waals surface area contributed by atoms with Gasteiger partial charge in [-0.15, -0.1) is 0 Å². The van der Waals surface area contributed by atoms with Gasteiger partial charge >= 0.3 is 0 Å². The second kappa shape index (κ2) is 9.15. The molecule has 2 aliphatic rings. The summed E-state index contributed by atoms with van der Waals surface area (Å²) in [6, 6.07) is 1.01. The number of hydrogen-bond donors (Lipinski definition) is 1. The number of rotatable bonds is 5. The fraction of sp³-hybridized carbons (Fsp3) is 0.346. The smallest absolute Gasteiger partial charge is 0.246 e. The molecule has 10 heteroatoms. The van der Waals surface area contributed by atoms with Crippen LogP contribution in [0.1, 0.15) is 48.0 Å². The van der Waals surface area contributed by atoms with Crippen molar-refractivity contribution in [3.63, 3.8) is 0 Å². The molecule has 0 unspecified atom stereocenters. The number of hydrogen-bond acceptors (Lipinski definition) is 6. The van der Waals surface area contributed by atoms with Gasteiger partial charge in [-0.05, 0) is 42.7 Å². The van der Waals surface area contributed by atoms with Gasteiger partial charge in [0.05, 0.1) is 31.2 Å². The van der Waals surface area contributed by atoms with Gasteiger partial charge in [-0.2, -0.15) is 5.10 Å². The number of fused-ring (bicyclic) bond motifs is 1. The van der Waals surface area contributed by atoms with Crippen LogP contribution in [0, 0.1) is 23.5 Å². The van der Waals surface area contributed by atoms with Crippen molar-refractivity contribution in [2.75, 3.05) is 33.0 Å². The van der Waals surface area contributed by atoms with Crippen molar-refractivity contribution in [3.05, 3.63) is 53.4 Å². The summed E-state index contributed by atoms with van der Waals surface area (Å²) in [5.74, 6) is 3.55. The van der Waals surface area contributed by atoms with E-state index in [1.165, 1.54) is 20.3 Å². The number of nitrogens with two attached hydrogens (primary N) is 1. The zero-order valence-corrected chi connectivity index (χ0v) is 20.0. The van der Waals surface area contributed by atoms with Gasteiger partial charge in [0.25, 0.3) is 0 Å². The Bertz CT molecular complexity index is 1420. The van der Waals surface area contributed by atoms with Crippen molar-refractivity contribution < 1.29 is 23.0 Å². The highest BCUT2D eigenvalue weighted by Crippen LogP contribution is 2.45. The molecular weight excluding hydrogens is 468 g/mol. The first-order chi connectivity index (χ1) is 17.4. The summed E-state index contributed by atoms with van der Waals surface area (Å²) in [6.07, 6.45) is 5.80. The minimum Gasteiger partial charge on any atom is -0.493 e. The molecule has 36 heavy (non-hydrogen) atoms. The number of carbonyl (C=O) groups excluding carboxylic acids is 1. The van der Waals surface area contributed by atoms with Gasteiger partial charge < -0.3 is 20.1 Å². The van der Waals surface area contributed by atoms with Crippen LogP contribution in [0.15, 0.2) is 24.9 Å².